The van der Waals surface area contributed by atoms with Gasteiger partial charge in [0, 0.05) is 32.4 Å². The number of rotatable bonds is 6. The number of likely N-dealkylation sites (tertiary alicyclic amines) is 1. The monoisotopic (exact) mass is 423 g/mol. The molecule has 0 radical (unpaired) electrons. The number of Topliss-reactive ketones (excluding diaryl/α,β-unsaturated/α-hetero) is 1. The van der Waals surface area contributed by atoms with Crippen LogP contribution in [-0.2, 0) is 4.79 Å². The average molecular weight is 424 g/mol. The van der Waals surface area contributed by atoms with Gasteiger partial charge in [0.2, 0.25) is 5.91 Å². The summed E-state index contributed by atoms with van der Waals surface area (Å²) in [6, 6.07) is 13.3. The predicted octanol–water partition coefficient (Wildman–Crippen LogP) is 4.19. The van der Waals surface area contributed by atoms with Crippen molar-refractivity contribution in [3.8, 4) is 17.2 Å². The second-order valence-electron chi connectivity index (χ2n) is 8.39. The van der Waals surface area contributed by atoms with Gasteiger partial charge in [-0.05, 0) is 43.7 Å². The van der Waals surface area contributed by atoms with E-state index in [9.17, 15) is 9.59 Å². The molecule has 2 heterocycles. The molecule has 1 fully saturated rings. The lowest BCUT2D eigenvalue weighted by Gasteiger charge is -2.44. The van der Waals surface area contributed by atoms with E-state index >= 15 is 0 Å². The number of carbonyl (C=O) groups is 2. The molecule has 2 aromatic carbocycles. The fraction of sp³-hybridized carbons (Fsp3) is 0.440. The fourth-order valence-electron chi connectivity index (χ4n) is 4.25. The third-order valence-electron chi connectivity index (χ3n) is 6.15. The number of fused-ring (bicyclic) bond motifs is 1. The normalized spacial score (nSPS) is 17.1. The molecule has 4 rings (SSSR count). The lowest BCUT2D eigenvalue weighted by Crippen LogP contribution is -2.52. The van der Waals surface area contributed by atoms with Crippen LogP contribution < -0.4 is 14.2 Å². The second kappa shape index (κ2) is 9.00. The zero-order valence-electron chi connectivity index (χ0n) is 18.2. The summed E-state index contributed by atoms with van der Waals surface area (Å²) in [5.41, 5.74) is 1.26. The molecule has 0 aromatic heterocycles. The van der Waals surface area contributed by atoms with Crippen molar-refractivity contribution in [3.05, 3.63) is 53.6 Å². The molecular weight excluding hydrogens is 394 g/mol. The SMILES string of the molecule is COc1ccc2c(c1)C(=O)CC1(CCN(C(=O)CCCOc3ccc(C)cc3)CC1)O2. The highest BCUT2D eigenvalue weighted by atomic mass is 16.5. The Morgan fingerprint density at radius 3 is 2.52 bits per heavy atom. The van der Waals surface area contributed by atoms with Gasteiger partial charge in [0.15, 0.2) is 5.78 Å². The minimum Gasteiger partial charge on any atom is -0.497 e. The van der Waals surface area contributed by atoms with Gasteiger partial charge in [-0.25, -0.2) is 0 Å². The smallest absolute Gasteiger partial charge is 0.222 e. The van der Waals surface area contributed by atoms with Crippen molar-refractivity contribution in [2.24, 2.45) is 0 Å². The Balaban J connectivity index is 1.25. The van der Waals surface area contributed by atoms with E-state index < -0.39 is 5.60 Å². The van der Waals surface area contributed by atoms with Crippen molar-refractivity contribution in [3.63, 3.8) is 0 Å². The third kappa shape index (κ3) is 4.84. The number of hydrogen-bond acceptors (Lipinski definition) is 5. The highest BCUT2D eigenvalue weighted by Gasteiger charge is 2.43. The first-order valence-electron chi connectivity index (χ1n) is 10.9. The molecule has 0 bridgehead atoms. The summed E-state index contributed by atoms with van der Waals surface area (Å²) in [4.78, 5) is 27.2. The Bertz CT molecular complexity index is 945. The minimum absolute atomic E-state index is 0.0770. The quantitative estimate of drug-likeness (QED) is 0.652. The van der Waals surface area contributed by atoms with Crippen molar-refractivity contribution in [1.29, 1.82) is 0 Å². The molecule has 6 nitrogen and oxygen atoms in total. The largest absolute Gasteiger partial charge is 0.497 e. The molecule has 0 unspecified atom stereocenters. The number of benzene rings is 2. The Morgan fingerprint density at radius 1 is 1.10 bits per heavy atom. The topological polar surface area (TPSA) is 65.1 Å². The lowest BCUT2D eigenvalue weighted by atomic mass is 9.82. The van der Waals surface area contributed by atoms with Crippen LogP contribution in [0.5, 0.6) is 17.2 Å². The summed E-state index contributed by atoms with van der Waals surface area (Å²) in [6.45, 7) is 3.77. The maximum Gasteiger partial charge on any atom is 0.222 e. The van der Waals surface area contributed by atoms with Crippen LogP contribution in [-0.4, -0.2) is 49.0 Å². The van der Waals surface area contributed by atoms with Gasteiger partial charge in [-0.3, -0.25) is 9.59 Å². The van der Waals surface area contributed by atoms with E-state index in [1.165, 1.54) is 5.56 Å². The first kappa shape index (κ1) is 21.2. The molecule has 2 aromatic rings. The molecule has 0 saturated carbocycles. The fourth-order valence-corrected chi connectivity index (χ4v) is 4.25. The zero-order valence-corrected chi connectivity index (χ0v) is 18.2. The molecule has 0 atom stereocenters. The van der Waals surface area contributed by atoms with Crippen LogP contribution in [0.4, 0.5) is 0 Å². The summed E-state index contributed by atoms with van der Waals surface area (Å²) < 4.78 is 17.2. The van der Waals surface area contributed by atoms with E-state index in [2.05, 4.69) is 0 Å². The van der Waals surface area contributed by atoms with Crippen LogP contribution >= 0.6 is 0 Å². The summed E-state index contributed by atoms with van der Waals surface area (Å²) in [5, 5.41) is 0. The van der Waals surface area contributed by atoms with Gasteiger partial charge >= 0.3 is 0 Å². The first-order chi connectivity index (χ1) is 15.0. The molecule has 1 saturated heterocycles. The Hall–Kier alpha value is -3.02. The number of hydrogen-bond donors (Lipinski definition) is 0. The Labute approximate surface area is 183 Å². The van der Waals surface area contributed by atoms with Crippen LogP contribution in [0, 0.1) is 6.92 Å². The predicted molar refractivity (Wildman–Crippen MR) is 117 cm³/mol. The van der Waals surface area contributed by atoms with Crippen LogP contribution in [0.15, 0.2) is 42.5 Å². The van der Waals surface area contributed by atoms with E-state index in [4.69, 9.17) is 14.2 Å². The van der Waals surface area contributed by atoms with Crippen molar-refractivity contribution >= 4 is 11.7 Å². The standard InChI is InChI=1S/C25H29NO5/c1-18-5-7-19(8-6-18)30-15-3-4-24(28)26-13-11-25(12-14-26)17-22(27)21-16-20(29-2)9-10-23(21)31-25/h5-10,16H,3-4,11-15,17H2,1-2H3. The maximum atomic E-state index is 12.7. The molecule has 1 amide bonds. The van der Waals surface area contributed by atoms with Crippen molar-refractivity contribution in [2.75, 3.05) is 26.8 Å². The van der Waals surface area contributed by atoms with E-state index in [1.807, 2.05) is 42.2 Å². The van der Waals surface area contributed by atoms with E-state index in [0.717, 1.165) is 5.75 Å². The molecule has 0 N–H and O–H groups in total. The lowest BCUT2D eigenvalue weighted by molar-refractivity contribution is -0.135. The second-order valence-corrected chi connectivity index (χ2v) is 8.39. The number of piperidine rings is 1. The van der Waals surface area contributed by atoms with E-state index in [1.54, 1.807) is 19.2 Å². The number of nitrogens with zero attached hydrogens (tertiary/aromatic N) is 1. The van der Waals surface area contributed by atoms with Gasteiger partial charge in [0.25, 0.3) is 0 Å². The van der Waals surface area contributed by atoms with E-state index in [-0.39, 0.29) is 11.7 Å². The molecule has 1 spiro atoms. The van der Waals surface area contributed by atoms with Crippen LogP contribution in [0.3, 0.4) is 0 Å². The summed E-state index contributed by atoms with van der Waals surface area (Å²) in [5.74, 6) is 2.31. The molecule has 164 valence electrons. The van der Waals surface area contributed by atoms with Gasteiger partial charge in [-0.15, -0.1) is 0 Å². The highest BCUT2D eigenvalue weighted by Crippen LogP contribution is 2.40. The molecule has 2 aliphatic rings. The van der Waals surface area contributed by atoms with Crippen LogP contribution in [0.1, 0.15) is 48.0 Å². The molecule has 0 aliphatic carbocycles. The minimum atomic E-state index is -0.510. The first-order valence-corrected chi connectivity index (χ1v) is 10.9. The molecule has 6 heteroatoms. The van der Waals surface area contributed by atoms with Crippen LogP contribution in [0.2, 0.25) is 0 Å². The van der Waals surface area contributed by atoms with Gasteiger partial charge in [-0.1, -0.05) is 17.7 Å². The van der Waals surface area contributed by atoms with Crippen molar-refractivity contribution in [2.45, 2.75) is 44.6 Å². The van der Waals surface area contributed by atoms with Gasteiger partial charge in [0.05, 0.1) is 25.7 Å². The Morgan fingerprint density at radius 2 is 1.81 bits per heavy atom. The average Bonchev–Trinajstić information content (AvgIpc) is 2.78. The summed E-state index contributed by atoms with van der Waals surface area (Å²) in [7, 11) is 1.58. The Kier molecular flexibility index (Phi) is 6.16. The number of ether oxygens (including phenoxy) is 3. The summed E-state index contributed by atoms with van der Waals surface area (Å²) >= 11 is 0. The highest BCUT2D eigenvalue weighted by molar-refractivity contribution is 6.00. The number of aryl methyl sites for hydroxylation is 1. The van der Waals surface area contributed by atoms with Gasteiger partial charge in [-0.2, -0.15) is 0 Å². The van der Waals surface area contributed by atoms with Crippen molar-refractivity contribution < 1.29 is 23.8 Å². The molecule has 2 aliphatic heterocycles. The maximum absolute atomic E-state index is 12.7. The molecule has 31 heavy (non-hydrogen) atoms. The van der Waals surface area contributed by atoms with Crippen LogP contribution in [0.25, 0.3) is 0 Å². The van der Waals surface area contributed by atoms with Crippen molar-refractivity contribution in [1.82, 2.24) is 4.90 Å². The molecular formula is C25H29NO5. The number of methoxy groups -OCH3 is 1. The summed E-state index contributed by atoms with van der Waals surface area (Å²) in [6.07, 6.45) is 2.81. The third-order valence-corrected chi connectivity index (χ3v) is 6.15. The van der Waals surface area contributed by atoms with Gasteiger partial charge in [0.1, 0.15) is 22.8 Å². The van der Waals surface area contributed by atoms with Gasteiger partial charge < -0.3 is 19.1 Å². The number of amides is 1. The van der Waals surface area contributed by atoms with E-state index in [0.29, 0.717) is 68.9 Å². The number of ketones is 1. The number of carbonyl (C=O) groups excluding carboxylic acids is 2. The zero-order chi connectivity index (χ0) is 21.8.